The maximum Gasteiger partial charge on any atom is 0.0403 e. The Hall–Kier alpha value is -0.890. The number of nitrogens with one attached hydrogen (secondary N) is 1. The molecule has 1 N–H and O–H groups in total. The van der Waals surface area contributed by atoms with Crippen LogP contribution < -0.4 is 5.32 Å². The van der Waals surface area contributed by atoms with Gasteiger partial charge in [-0.15, -0.1) is 0 Å². The minimum absolute atomic E-state index is 0.744. The van der Waals surface area contributed by atoms with Gasteiger partial charge in [0.15, 0.2) is 0 Å². The Morgan fingerprint density at radius 1 is 1.47 bits per heavy atom. The number of hydrogen-bond acceptors (Lipinski definition) is 2. The van der Waals surface area contributed by atoms with Gasteiger partial charge in [0.25, 0.3) is 0 Å². The molecule has 15 heavy (non-hydrogen) atoms. The van der Waals surface area contributed by atoms with Crippen LogP contribution in [0, 0.1) is 5.92 Å². The molecule has 1 aromatic rings. The molecule has 2 rings (SSSR count). The second-order valence-corrected chi connectivity index (χ2v) is 4.45. The third-order valence-electron chi connectivity index (χ3n) is 3.24. The number of hydrogen-bond donors (Lipinski definition) is 1. The van der Waals surface area contributed by atoms with E-state index in [1.165, 1.54) is 31.4 Å². The smallest absolute Gasteiger partial charge is 0.0403 e. The van der Waals surface area contributed by atoms with Crippen LogP contribution in [-0.4, -0.2) is 18.1 Å². The van der Waals surface area contributed by atoms with Crippen molar-refractivity contribution in [2.45, 2.75) is 38.1 Å². The molecule has 1 atom stereocenters. The van der Waals surface area contributed by atoms with E-state index in [0.717, 1.165) is 18.4 Å². The molecular formula is C13H20N2. The lowest BCUT2D eigenvalue weighted by molar-refractivity contribution is 0.455. The van der Waals surface area contributed by atoms with E-state index in [4.69, 9.17) is 0 Å². The van der Waals surface area contributed by atoms with Crippen molar-refractivity contribution in [2.24, 2.45) is 5.92 Å². The first-order valence-electron chi connectivity index (χ1n) is 5.97. The Morgan fingerprint density at radius 2 is 2.33 bits per heavy atom. The molecule has 2 nitrogen and oxygen atoms in total. The molecule has 0 bridgehead atoms. The first-order valence-corrected chi connectivity index (χ1v) is 5.97. The van der Waals surface area contributed by atoms with Crippen LogP contribution in [0.5, 0.6) is 0 Å². The van der Waals surface area contributed by atoms with Gasteiger partial charge in [-0.3, -0.25) is 4.98 Å². The monoisotopic (exact) mass is 204 g/mol. The summed E-state index contributed by atoms with van der Waals surface area (Å²) in [5.74, 6) is 0.957. The highest BCUT2D eigenvalue weighted by Crippen LogP contribution is 2.34. The number of pyridine rings is 1. The topological polar surface area (TPSA) is 24.9 Å². The average Bonchev–Trinajstić information content (AvgIpc) is 3.10. The normalized spacial score (nSPS) is 17.7. The van der Waals surface area contributed by atoms with Crippen molar-refractivity contribution in [1.29, 1.82) is 0 Å². The number of aromatic nitrogens is 1. The molecule has 1 fully saturated rings. The Labute approximate surface area is 92.1 Å². The summed E-state index contributed by atoms with van der Waals surface area (Å²) < 4.78 is 0. The van der Waals surface area contributed by atoms with Crippen molar-refractivity contribution >= 4 is 0 Å². The fourth-order valence-corrected chi connectivity index (χ4v) is 2.16. The lowest BCUT2D eigenvalue weighted by Crippen LogP contribution is -2.27. The second-order valence-electron chi connectivity index (χ2n) is 4.45. The van der Waals surface area contributed by atoms with Gasteiger partial charge in [-0.25, -0.2) is 0 Å². The highest BCUT2D eigenvalue weighted by molar-refractivity contribution is 5.03. The van der Waals surface area contributed by atoms with Crippen LogP contribution in [0.3, 0.4) is 0 Å². The molecule has 1 heterocycles. The number of rotatable bonds is 6. The highest BCUT2D eigenvalue weighted by Gasteiger charge is 2.29. The largest absolute Gasteiger partial charge is 0.317 e. The molecule has 1 aliphatic rings. The molecular weight excluding hydrogens is 184 g/mol. The SMILES string of the molecule is CNC(CCCc1ccccn1)C1CC1. The fourth-order valence-electron chi connectivity index (χ4n) is 2.16. The van der Waals surface area contributed by atoms with Crippen molar-refractivity contribution in [1.82, 2.24) is 10.3 Å². The van der Waals surface area contributed by atoms with E-state index >= 15 is 0 Å². The summed E-state index contributed by atoms with van der Waals surface area (Å²) >= 11 is 0. The van der Waals surface area contributed by atoms with Gasteiger partial charge in [0.2, 0.25) is 0 Å². The van der Waals surface area contributed by atoms with Gasteiger partial charge < -0.3 is 5.32 Å². The quantitative estimate of drug-likeness (QED) is 0.769. The summed E-state index contributed by atoms with van der Waals surface area (Å²) in [6, 6.07) is 6.91. The second kappa shape index (κ2) is 5.26. The van der Waals surface area contributed by atoms with Crippen LogP contribution >= 0.6 is 0 Å². The molecule has 0 saturated heterocycles. The van der Waals surface area contributed by atoms with Gasteiger partial charge >= 0.3 is 0 Å². The van der Waals surface area contributed by atoms with E-state index in [1.807, 2.05) is 12.3 Å². The molecule has 0 radical (unpaired) electrons. The van der Waals surface area contributed by atoms with Gasteiger partial charge in [-0.05, 0) is 57.2 Å². The minimum atomic E-state index is 0.744. The molecule has 82 valence electrons. The van der Waals surface area contributed by atoms with Crippen molar-refractivity contribution in [3.63, 3.8) is 0 Å². The van der Waals surface area contributed by atoms with E-state index in [1.54, 1.807) is 0 Å². The lowest BCUT2D eigenvalue weighted by atomic mass is 10.0. The molecule has 0 aromatic carbocycles. The van der Waals surface area contributed by atoms with Gasteiger partial charge in [0.05, 0.1) is 0 Å². The van der Waals surface area contributed by atoms with Crippen LogP contribution in [0.2, 0.25) is 0 Å². The van der Waals surface area contributed by atoms with Crippen molar-refractivity contribution in [3.05, 3.63) is 30.1 Å². The Bertz CT molecular complexity index is 280. The van der Waals surface area contributed by atoms with E-state index < -0.39 is 0 Å². The Balaban J connectivity index is 1.69. The Morgan fingerprint density at radius 3 is 2.93 bits per heavy atom. The lowest BCUT2D eigenvalue weighted by Gasteiger charge is -2.14. The minimum Gasteiger partial charge on any atom is -0.317 e. The molecule has 0 spiro atoms. The summed E-state index contributed by atoms with van der Waals surface area (Å²) in [5, 5.41) is 3.43. The van der Waals surface area contributed by atoms with Crippen molar-refractivity contribution in [3.8, 4) is 0 Å². The van der Waals surface area contributed by atoms with E-state index in [0.29, 0.717) is 0 Å². The number of aryl methyl sites for hydroxylation is 1. The van der Waals surface area contributed by atoms with Crippen LogP contribution in [0.1, 0.15) is 31.4 Å². The maximum absolute atomic E-state index is 4.34. The van der Waals surface area contributed by atoms with Crippen LogP contribution in [-0.2, 0) is 6.42 Å². The maximum atomic E-state index is 4.34. The summed E-state index contributed by atoms with van der Waals surface area (Å²) in [6.45, 7) is 0. The summed E-state index contributed by atoms with van der Waals surface area (Å²) in [7, 11) is 2.09. The zero-order valence-corrected chi connectivity index (χ0v) is 9.45. The predicted octanol–water partition coefficient (Wildman–Crippen LogP) is 2.40. The third-order valence-corrected chi connectivity index (χ3v) is 3.24. The average molecular weight is 204 g/mol. The summed E-state index contributed by atoms with van der Waals surface area (Å²) in [6.07, 6.45) is 8.39. The van der Waals surface area contributed by atoms with E-state index in [9.17, 15) is 0 Å². The summed E-state index contributed by atoms with van der Waals surface area (Å²) in [4.78, 5) is 4.34. The van der Waals surface area contributed by atoms with Gasteiger partial charge in [0, 0.05) is 17.9 Å². The third kappa shape index (κ3) is 3.31. The van der Waals surface area contributed by atoms with Crippen LogP contribution in [0.15, 0.2) is 24.4 Å². The van der Waals surface area contributed by atoms with E-state index in [-0.39, 0.29) is 0 Å². The fraction of sp³-hybridized carbons (Fsp3) is 0.615. The molecule has 0 aliphatic heterocycles. The standard InChI is InChI=1S/C13H20N2/c1-14-13(11-8-9-11)7-4-6-12-5-2-3-10-15-12/h2-3,5,10-11,13-14H,4,6-9H2,1H3. The molecule has 1 saturated carbocycles. The molecule has 1 aliphatic carbocycles. The van der Waals surface area contributed by atoms with Gasteiger partial charge in [0.1, 0.15) is 0 Å². The van der Waals surface area contributed by atoms with Gasteiger partial charge in [-0.2, -0.15) is 0 Å². The van der Waals surface area contributed by atoms with Crippen molar-refractivity contribution < 1.29 is 0 Å². The van der Waals surface area contributed by atoms with Crippen molar-refractivity contribution in [2.75, 3.05) is 7.05 Å². The summed E-state index contributed by atoms with van der Waals surface area (Å²) in [5.41, 5.74) is 1.23. The molecule has 0 amide bonds. The number of nitrogens with zero attached hydrogens (tertiary/aromatic N) is 1. The van der Waals surface area contributed by atoms with Gasteiger partial charge in [-0.1, -0.05) is 6.07 Å². The highest BCUT2D eigenvalue weighted by atomic mass is 14.9. The predicted molar refractivity (Wildman–Crippen MR) is 62.7 cm³/mol. The van der Waals surface area contributed by atoms with Crippen LogP contribution in [0.4, 0.5) is 0 Å². The zero-order chi connectivity index (χ0) is 10.5. The molecule has 1 aromatic heterocycles. The molecule has 2 heteroatoms. The van der Waals surface area contributed by atoms with E-state index in [2.05, 4.69) is 29.5 Å². The Kier molecular flexibility index (Phi) is 3.73. The zero-order valence-electron chi connectivity index (χ0n) is 9.45. The first-order chi connectivity index (χ1) is 7.40. The first kappa shape index (κ1) is 10.6. The van der Waals surface area contributed by atoms with Crippen LogP contribution in [0.25, 0.3) is 0 Å². The molecule has 1 unspecified atom stereocenters.